The molecule has 3 fully saturated rings. The number of unbranched alkanes of at least 4 members (excludes halogenated alkanes) is 2. The van der Waals surface area contributed by atoms with Crippen LogP contribution in [0.3, 0.4) is 0 Å². The first-order chi connectivity index (χ1) is 21.4. The molecule has 3 aliphatic heterocycles. The molecule has 5 atom stereocenters. The van der Waals surface area contributed by atoms with E-state index in [-0.39, 0.29) is 54.1 Å². The van der Waals surface area contributed by atoms with E-state index in [1.54, 1.807) is 19.0 Å². The van der Waals surface area contributed by atoms with Gasteiger partial charge in [-0.15, -0.1) is 0 Å². The first-order valence-electron chi connectivity index (χ1n) is 15.5. The molecule has 0 saturated carbocycles. The molecule has 0 spiro atoms. The minimum absolute atomic E-state index is 0.0198. The van der Waals surface area contributed by atoms with Crippen LogP contribution in [-0.2, 0) is 15.1 Å². The van der Waals surface area contributed by atoms with Crippen LogP contribution in [0.5, 0.6) is 0 Å². The van der Waals surface area contributed by atoms with Crippen molar-refractivity contribution in [1.29, 1.82) is 0 Å². The number of thioether (sulfide) groups is 1. The van der Waals surface area contributed by atoms with Crippen LogP contribution in [0.15, 0.2) is 24.3 Å². The number of hydrogen-bond acceptors (Lipinski definition) is 7. The summed E-state index contributed by atoms with van der Waals surface area (Å²) in [5, 5.41) is 11.4. The molecule has 15 heteroatoms. The number of likely N-dealkylation sites (N-methyl/N-ethyl adjacent to an activating group) is 2. The number of urea groups is 1. The van der Waals surface area contributed by atoms with Gasteiger partial charge < -0.3 is 31.5 Å². The summed E-state index contributed by atoms with van der Waals surface area (Å²) in [6.45, 7) is 0.802. The van der Waals surface area contributed by atoms with Crippen molar-refractivity contribution in [3.63, 3.8) is 0 Å². The number of hydrogen-bond donors (Lipinski definition) is 5. The molecule has 45 heavy (non-hydrogen) atoms. The molecular weight excluding hydrogens is 611 g/mol. The molecule has 1 aromatic rings. The van der Waals surface area contributed by atoms with Crippen LogP contribution in [0.1, 0.15) is 60.9 Å². The van der Waals surface area contributed by atoms with Crippen molar-refractivity contribution in [2.24, 2.45) is 5.73 Å². The largest absolute Gasteiger partial charge is 0.412 e. The highest BCUT2D eigenvalue weighted by Crippen LogP contribution is 2.45. The number of rotatable bonds is 16. The third-order valence-corrected chi connectivity index (χ3v) is 10.4. The summed E-state index contributed by atoms with van der Waals surface area (Å²) in [7, 11) is 3.31. The van der Waals surface area contributed by atoms with Gasteiger partial charge in [0.2, 0.25) is 11.8 Å². The number of nitrogens with zero attached hydrogens (tertiary/aromatic N) is 2. The number of fused-ring (bicyclic) bond motifs is 1. The summed E-state index contributed by atoms with van der Waals surface area (Å²) >= 11 is 1.85. The van der Waals surface area contributed by atoms with Crippen LogP contribution < -0.4 is 27.0 Å². The predicted molar refractivity (Wildman–Crippen MR) is 166 cm³/mol. The highest BCUT2D eigenvalue weighted by Gasteiger charge is 2.64. The van der Waals surface area contributed by atoms with Gasteiger partial charge in [0.25, 0.3) is 5.91 Å². The number of amides is 5. The summed E-state index contributed by atoms with van der Waals surface area (Å²) < 4.78 is 40.3. The lowest BCUT2D eigenvalue weighted by Crippen LogP contribution is -2.49. The molecule has 11 nitrogen and oxygen atoms in total. The second kappa shape index (κ2) is 15.0. The Kier molecular flexibility index (Phi) is 11.6. The Morgan fingerprint density at radius 3 is 2.40 bits per heavy atom. The van der Waals surface area contributed by atoms with Crippen LogP contribution in [0.4, 0.5) is 18.0 Å². The summed E-state index contributed by atoms with van der Waals surface area (Å²) in [4.78, 5) is 53.7. The smallest absolute Gasteiger partial charge is 0.344 e. The molecule has 1 aromatic carbocycles. The van der Waals surface area contributed by atoms with Gasteiger partial charge in [0, 0.05) is 56.7 Å². The fourth-order valence-corrected chi connectivity index (χ4v) is 7.35. The molecule has 250 valence electrons. The van der Waals surface area contributed by atoms with E-state index in [0.29, 0.717) is 44.0 Å². The molecule has 4 rings (SSSR count). The van der Waals surface area contributed by atoms with E-state index < -0.39 is 23.7 Å². The van der Waals surface area contributed by atoms with Crippen molar-refractivity contribution in [3.05, 3.63) is 35.4 Å². The van der Waals surface area contributed by atoms with Gasteiger partial charge in [0.15, 0.2) is 5.54 Å². The van der Waals surface area contributed by atoms with Crippen LogP contribution in [-0.4, -0.2) is 109 Å². The first-order valence-corrected chi connectivity index (χ1v) is 16.5. The number of carbonyl (C=O) groups is 4. The van der Waals surface area contributed by atoms with E-state index in [4.69, 9.17) is 5.73 Å². The molecule has 0 radical (unpaired) electrons. The maximum atomic E-state index is 13.4. The Morgan fingerprint density at radius 2 is 1.76 bits per heavy atom. The number of nitrogens with one attached hydrogen (secondary N) is 4. The minimum atomic E-state index is -4.45. The van der Waals surface area contributed by atoms with Gasteiger partial charge in [0.05, 0.1) is 12.1 Å². The van der Waals surface area contributed by atoms with E-state index in [1.165, 1.54) is 29.2 Å². The van der Waals surface area contributed by atoms with Crippen molar-refractivity contribution < 1.29 is 32.3 Å². The highest BCUT2D eigenvalue weighted by molar-refractivity contribution is 8.00. The Labute approximate surface area is 265 Å². The summed E-state index contributed by atoms with van der Waals surface area (Å²) in [5.41, 5.74) is 3.72. The number of halogens is 3. The standard InChI is InChI=1S/C30H44F3N7O4S/c1-39(24(41)9-4-3-8-23-25-22(17-45-23)37-28(44)38-25)15-16-40(2)27(43)21(7-5-6-14-34)36-26(42)19-10-12-20(13-11-19)29(18-35-29)30(31,32)33/h10-13,21-23,25,35H,3-9,14-18,34H2,1-2H3,(H,36,42)(H2,37,38,44)/t21-,22?,23+,25+,29?/m0/s1. The van der Waals surface area contributed by atoms with Crippen molar-refractivity contribution in [2.75, 3.05) is 46.0 Å². The Balaban J connectivity index is 1.22. The Hall–Kier alpha value is -3.04. The lowest BCUT2D eigenvalue weighted by molar-refractivity contribution is -0.161. The first kappa shape index (κ1) is 34.8. The molecule has 3 saturated heterocycles. The van der Waals surface area contributed by atoms with Gasteiger partial charge in [-0.1, -0.05) is 18.6 Å². The van der Waals surface area contributed by atoms with Gasteiger partial charge in [-0.2, -0.15) is 24.9 Å². The van der Waals surface area contributed by atoms with Gasteiger partial charge in [-0.05, 0) is 56.3 Å². The normalized spacial score (nSPS) is 24.3. The molecule has 6 N–H and O–H groups in total. The van der Waals surface area contributed by atoms with Crippen molar-refractivity contribution in [2.45, 2.75) is 80.0 Å². The fraction of sp³-hybridized carbons (Fsp3) is 0.667. The number of nitrogens with two attached hydrogens (primary N) is 1. The van der Waals surface area contributed by atoms with E-state index >= 15 is 0 Å². The van der Waals surface area contributed by atoms with E-state index in [1.807, 2.05) is 11.8 Å². The molecular formula is C30H44F3N7O4S. The van der Waals surface area contributed by atoms with Crippen molar-refractivity contribution in [3.8, 4) is 0 Å². The minimum Gasteiger partial charge on any atom is -0.344 e. The number of alkyl halides is 3. The molecule has 5 amide bonds. The second-order valence-corrected chi connectivity index (χ2v) is 13.4. The third kappa shape index (κ3) is 8.61. The molecule has 3 heterocycles. The van der Waals surface area contributed by atoms with E-state index in [9.17, 15) is 32.3 Å². The van der Waals surface area contributed by atoms with Gasteiger partial charge in [-0.25, -0.2) is 4.79 Å². The molecule has 3 aliphatic rings. The molecule has 0 aliphatic carbocycles. The van der Waals surface area contributed by atoms with Crippen LogP contribution in [0, 0.1) is 0 Å². The predicted octanol–water partition coefficient (Wildman–Crippen LogP) is 1.92. The van der Waals surface area contributed by atoms with Gasteiger partial charge in [0.1, 0.15) is 6.04 Å². The van der Waals surface area contributed by atoms with Gasteiger partial charge >= 0.3 is 12.2 Å². The monoisotopic (exact) mass is 655 g/mol. The lowest BCUT2D eigenvalue weighted by atomic mass is 9.97. The summed E-state index contributed by atoms with van der Waals surface area (Å²) in [5.74, 6) is -0.00187. The van der Waals surface area contributed by atoms with E-state index in [2.05, 4.69) is 21.3 Å². The average molecular weight is 656 g/mol. The summed E-state index contributed by atoms with van der Waals surface area (Å²) in [6, 6.07) is 4.59. The maximum Gasteiger partial charge on any atom is 0.412 e. The molecule has 0 bridgehead atoms. The average Bonchev–Trinajstić information content (AvgIpc) is 3.65. The Bertz CT molecular complexity index is 1210. The maximum absolute atomic E-state index is 13.4. The number of benzene rings is 1. The zero-order chi connectivity index (χ0) is 32.8. The quantitative estimate of drug-likeness (QED) is 0.103. The van der Waals surface area contributed by atoms with Crippen molar-refractivity contribution >= 4 is 35.5 Å². The molecule has 2 unspecified atom stereocenters. The van der Waals surface area contributed by atoms with Crippen molar-refractivity contribution in [1.82, 2.24) is 31.1 Å². The van der Waals surface area contributed by atoms with E-state index in [0.717, 1.165) is 25.0 Å². The fourth-order valence-electron chi connectivity index (χ4n) is 5.81. The lowest BCUT2D eigenvalue weighted by Gasteiger charge is -2.27. The Morgan fingerprint density at radius 1 is 1.07 bits per heavy atom. The second-order valence-electron chi connectivity index (χ2n) is 12.1. The zero-order valence-corrected chi connectivity index (χ0v) is 26.6. The molecule has 0 aromatic heterocycles. The summed E-state index contributed by atoms with van der Waals surface area (Å²) in [6.07, 6.45) is 0.0829. The SMILES string of the molecule is CN(CCN(C)C(=O)[C@H](CCCCN)NC(=O)c1ccc(C2(C(F)(F)F)CN2)cc1)C(=O)CCCC[C@H]1SCC2NC(=O)N[C@H]21. The van der Waals surface area contributed by atoms with Crippen LogP contribution >= 0.6 is 11.8 Å². The number of carbonyl (C=O) groups excluding carboxylic acids is 4. The zero-order valence-electron chi connectivity index (χ0n) is 25.8. The highest BCUT2D eigenvalue weighted by atomic mass is 32.2. The topological polar surface area (TPSA) is 159 Å². The third-order valence-electron chi connectivity index (χ3n) is 8.84. The van der Waals surface area contributed by atoms with Gasteiger partial charge in [-0.3, -0.25) is 19.7 Å². The van der Waals surface area contributed by atoms with Crippen LogP contribution in [0.25, 0.3) is 0 Å². The van der Waals surface area contributed by atoms with Crippen LogP contribution in [0.2, 0.25) is 0 Å².